The zero-order valence-corrected chi connectivity index (χ0v) is 13.4. The SMILES string of the molecule is Cc1cc(S(=O)(=O)N2CCCC(C(C)N)C2)c(C)s1. The van der Waals surface area contributed by atoms with Crippen molar-refractivity contribution in [2.75, 3.05) is 13.1 Å². The first kappa shape index (κ1) is 15.0. The van der Waals surface area contributed by atoms with Gasteiger partial charge in [-0.05, 0) is 45.6 Å². The average molecular weight is 302 g/mol. The molecule has 1 aromatic heterocycles. The maximum atomic E-state index is 12.7. The minimum absolute atomic E-state index is 0.0447. The standard InChI is InChI=1S/C13H22N2O2S2/c1-9-7-13(11(3)18-9)19(16,17)15-6-4-5-12(8-15)10(2)14/h7,10,12H,4-6,8,14H2,1-3H3. The molecule has 0 saturated carbocycles. The summed E-state index contributed by atoms with van der Waals surface area (Å²) in [4.78, 5) is 2.39. The van der Waals surface area contributed by atoms with E-state index in [0.29, 0.717) is 18.0 Å². The summed E-state index contributed by atoms with van der Waals surface area (Å²) in [7, 11) is -3.35. The molecule has 0 bridgehead atoms. The molecule has 2 heterocycles. The van der Waals surface area contributed by atoms with Gasteiger partial charge in [0.15, 0.2) is 0 Å². The van der Waals surface area contributed by atoms with E-state index >= 15 is 0 Å². The highest BCUT2D eigenvalue weighted by atomic mass is 32.2. The van der Waals surface area contributed by atoms with Crippen molar-refractivity contribution < 1.29 is 8.42 Å². The number of thiophene rings is 1. The first-order valence-electron chi connectivity index (χ1n) is 6.65. The Kier molecular flexibility index (Phi) is 4.35. The number of sulfonamides is 1. The second-order valence-corrected chi connectivity index (χ2v) is 8.77. The molecule has 1 aliphatic rings. The summed E-state index contributed by atoms with van der Waals surface area (Å²) >= 11 is 1.54. The molecule has 1 aromatic rings. The topological polar surface area (TPSA) is 63.4 Å². The lowest BCUT2D eigenvalue weighted by atomic mass is 9.93. The lowest BCUT2D eigenvalue weighted by molar-refractivity contribution is 0.243. The maximum absolute atomic E-state index is 12.7. The molecule has 6 heteroatoms. The van der Waals surface area contributed by atoms with E-state index in [4.69, 9.17) is 5.73 Å². The van der Waals surface area contributed by atoms with Gasteiger partial charge in [-0.2, -0.15) is 4.31 Å². The fraction of sp³-hybridized carbons (Fsp3) is 0.692. The number of piperidine rings is 1. The molecule has 4 nitrogen and oxygen atoms in total. The molecular weight excluding hydrogens is 280 g/mol. The first-order chi connectivity index (χ1) is 8.82. The van der Waals surface area contributed by atoms with Crippen molar-refractivity contribution in [3.8, 4) is 0 Å². The first-order valence-corrected chi connectivity index (χ1v) is 8.91. The summed E-state index contributed by atoms with van der Waals surface area (Å²) < 4.78 is 27.0. The summed E-state index contributed by atoms with van der Waals surface area (Å²) in [6.07, 6.45) is 1.92. The van der Waals surface area contributed by atoms with E-state index in [1.807, 2.05) is 20.8 Å². The molecule has 0 radical (unpaired) electrons. The molecule has 2 N–H and O–H groups in total. The van der Waals surface area contributed by atoms with Crippen molar-refractivity contribution in [1.82, 2.24) is 4.31 Å². The smallest absolute Gasteiger partial charge is 0.244 e. The minimum atomic E-state index is -3.35. The Bertz CT molecular complexity index is 549. The monoisotopic (exact) mass is 302 g/mol. The molecule has 0 aromatic carbocycles. The number of hydrogen-bond donors (Lipinski definition) is 1. The fourth-order valence-corrected chi connectivity index (χ4v) is 5.68. The van der Waals surface area contributed by atoms with Crippen LogP contribution in [0.15, 0.2) is 11.0 Å². The summed E-state index contributed by atoms with van der Waals surface area (Å²) in [6.45, 7) is 6.93. The molecule has 2 atom stereocenters. The highest BCUT2D eigenvalue weighted by molar-refractivity contribution is 7.89. The third kappa shape index (κ3) is 3.02. The third-order valence-corrected chi connectivity index (χ3v) is 6.86. The van der Waals surface area contributed by atoms with E-state index < -0.39 is 10.0 Å². The third-order valence-electron chi connectivity index (χ3n) is 3.78. The van der Waals surface area contributed by atoms with Crippen molar-refractivity contribution in [1.29, 1.82) is 0 Å². The van der Waals surface area contributed by atoms with Crippen LogP contribution in [-0.2, 0) is 10.0 Å². The van der Waals surface area contributed by atoms with E-state index in [9.17, 15) is 8.42 Å². The average Bonchev–Trinajstić information content (AvgIpc) is 2.69. The van der Waals surface area contributed by atoms with Crippen LogP contribution in [0.3, 0.4) is 0 Å². The summed E-state index contributed by atoms with van der Waals surface area (Å²) in [5.41, 5.74) is 5.93. The van der Waals surface area contributed by atoms with E-state index in [0.717, 1.165) is 22.6 Å². The van der Waals surface area contributed by atoms with Crippen molar-refractivity contribution >= 4 is 21.4 Å². The van der Waals surface area contributed by atoms with E-state index in [-0.39, 0.29) is 12.0 Å². The predicted molar refractivity (Wildman–Crippen MR) is 78.9 cm³/mol. The Labute approximate surface area is 119 Å². The quantitative estimate of drug-likeness (QED) is 0.930. The van der Waals surface area contributed by atoms with Crippen molar-refractivity contribution in [3.63, 3.8) is 0 Å². The van der Waals surface area contributed by atoms with Gasteiger partial charge in [0.2, 0.25) is 10.0 Å². The van der Waals surface area contributed by atoms with Crippen LogP contribution < -0.4 is 5.73 Å². The molecule has 1 saturated heterocycles. The van der Waals surface area contributed by atoms with Crippen LogP contribution in [0, 0.1) is 19.8 Å². The van der Waals surface area contributed by atoms with Gasteiger partial charge in [-0.3, -0.25) is 0 Å². The largest absolute Gasteiger partial charge is 0.328 e. The molecular formula is C13H22N2O2S2. The Hall–Kier alpha value is -0.430. The maximum Gasteiger partial charge on any atom is 0.244 e. The van der Waals surface area contributed by atoms with Gasteiger partial charge in [-0.15, -0.1) is 11.3 Å². The number of hydrogen-bond acceptors (Lipinski definition) is 4. The highest BCUT2D eigenvalue weighted by Gasteiger charge is 2.32. The molecule has 2 rings (SSSR count). The molecule has 0 spiro atoms. The molecule has 0 aliphatic carbocycles. The van der Waals surface area contributed by atoms with Crippen LogP contribution in [0.4, 0.5) is 0 Å². The van der Waals surface area contributed by atoms with Gasteiger partial charge in [0.1, 0.15) is 0 Å². The van der Waals surface area contributed by atoms with Crippen LogP contribution >= 0.6 is 11.3 Å². The Morgan fingerprint density at radius 1 is 1.47 bits per heavy atom. The van der Waals surface area contributed by atoms with E-state index in [1.54, 1.807) is 10.4 Å². The second-order valence-electron chi connectivity index (χ2n) is 5.40. The van der Waals surface area contributed by atoms with Gasteiger partial charge in [0, 0.05) is 28.9 Å². The molecule has 2 unspecified atom stereocenters. The van der Waals surface area contributed by atoms with Gasteiger partial charge in [0.25, 0.3) is 0 Å². The fourth-order valence-electron chi connectivity index (χ4n) is 2.62. The number of nitrogens with two attached hydrogens (primary N) is 1. The van der Waals surface area contributed by atoms with E-state index in [2.05, 4.69) is 0 Å². The van der Waals surface area contributed by atoms with Crippen LogP contribution in [0.2, 0.25) is 0 Å². The number of rotatable bonds is 3. The molecule has 1 aliphatic heterocycles. The number of aryl methyl sites for hydroxylation is 2. The lowest BCUT2D eigenvalue weighted by Crippen LogP contribution is -2.44. The zero-order chi connectivity index (χ0) is 14.2. The Morgan fingerprint density at radius 3 is 2.68 bits per heavy atom. The summed E-state index contributed by atoms with van der Waals surface area (Å²) in [5.74, 6) is 0.267. The van der Waals surface area contributed by atoms with Crippen LogP contribution in [0.1, 0.15) is 29.5 Å². The minimum Gasteiger partial charge on any atom is -0.328 e. The van der Waals surface area contributed by atoms with Crippen LogP contribution in [-0.4, -0.2) is 31.9 Å². The van der Waals surface area contributed by atoms with Gasteiger partial charge >= 0.3 is 0 Å². The molecule has 1 fully saturated rings. The molecule has 19 heavy (non-hydrogen) atoms. The summed E-state index contributed by atoms with van der Waals surface area (Å²) in [6, 6.07) is 1.83. The summed E-state index contributed by atoms with van der Waals surface area (Å²) in [5, 5.41) is 0. The molecule has 108 valence electrons. The van der Waals surface area contributed by atoms with Crippen molar-refractivity contribution in [3.05, 3.63) is 15.8 Å². The predicted octanol–water partition coefficient (Wildman–Crippen LogP) is 2.11. The number of nitrogens with zero attached hydrogens (tertiary/aromatic N) is 1. The van der Waals surface area contributed by atoms with Gasteiger partial charge < -0.3 is 5.73 Å². The van der Waals surface area contributed by atoms with Gasteiger partial charge in [-0.25, -0.2) is 8.42 Å². The van der Waals surface area contributed by atoms with Crippen LogP contribution in [0.25, 0.3) is 0 Å². The highest BCUT2D eigenvalue weighted by Crippen LogP contribution is 2.30. The van der Waals surface area contributed by atoms with Crippen molar-refractivity contribution in [2.45, 2.75) is 44.6 Å². The van der Waals surface area contributed by atoms with Crippen LogP contribution in [0.5, 0.6) is 0 Å². The van der Waals surface area contributed by atoms with Gasteiger partial charge in [0.05, 0.1) is 4.90 Å². The zero-order valence-electron chi connectivity index (χ0n) is 11.7. The normalized spacial score (nSPS) is 23.5. The van der Waals surface area contributed by atoms with Crippen molar-refractivity contribution in [2.24, 2.45) is 11.7 Å². The van der Waals surface area contributed by atoms with E-state index in [1.165, 1.54) is 11.3 Å². The molecule has 0 amide bonds. The lowest BCUT2D eigenvalue weighted by Gasteiger charge is -2.33. The Morgan fingerprint density at radius 2 is 2.16 bits per heavy atom. The Balaban J connectivity index is 2.27. The van der Waals surface area contributed by atoms with Gasteiger partial charge in [-0.1, -0.05) is 0 Å². The second kappa shape index (κ2) is 5.52.